The second kappa shape index (κ2) is 6.37. The number of hydrogen-bond donors (Lipinski definition) is 1. The molecule has 0 bridgehead atoms. The van der Waals surface area contributed by atoms with Gasteiger partial charge in [0.1, 0.15) is 5.82 Å². The molecule has 0 spiro atoms. The molecule has 104 valence electrons. The Kier molecular flexibility index (Phi) is 4.78. The monoisotopic (exact) mass is 356 g/mol. The lowest BCUT2D eigenvalue weighted by molar-refractivity contribution is -0.137. The Balaban J connectivity index is 2.43. The minimum atomic E-state index is -0.937. The van der Waals surface area contributed by atoms with Crippen LogP contribution in [0.1, 0.15) is 23.5 Å². The highest BCUT2D eigenvalue weighted by Gasteiger charge is 2.19. The van der Waals surface area contributed by atoms with Crippen LogP contribution in [0, 0.1) is 5.82 Å². The van der Waals surface area contributed by atoms with Crippen LogP contribution in [0.15, 0.2) is 46.9 Å². The van der Waals surface area contributed by atoms with Crippen LogP contribution in [0.5, 0.6) is 0 Å². The lowest BCUT2D eigenvalue weighted by Gasteiger charge is -2.16. The Hall–Kier alpha value is -1.39. The molecule has 0 amide bonds. The van der Waals surface area contributed by atoms with Crippen molar-refractivity contribution in [2.24, 2.45) is 0 Å². The normalized spacial score (nSPS) is 12.2. The van der Waals surface area contributed by atoms with Crippen molar-refractivity contribution < 1.29 is 14.3 Å². The molecule has 0 aromatic heterocycles. The van der Waals surface area contributed by atoms with Gasteiger partial charge in [0.25, 0.3) is 0 Å². The first-order chi connectivity index (χ1) is 9.47. The molecular formula is C15H11BrClFO2. The second-order valence-electron chi connectivity index (χ2n) is 4.38. The SMILES string of the molecule is O=C(O)CC(c1ccc(Br)cc1)c1ccc(Cl)c(F)c1. The molecule has 20 heavy (non-hydrogen) atoms. The summed E-state index contributed by atoms with van der Waals surface area (Å²) in [5.41, 5.74) is 1.41. The summed E-state index contributed by atoms with van der Waals surface area (Å²) in [6.45, 7) is 0. The van der Waals surface area contributed by atoms with E-state index in [2.05, 4.69) is 15.9 Å². The number of carboxylic acid groups (broad SMARTS) is 1. The van der Waals surface area contributed by atoms with Gasteiger partial charge in [-0.3, -0.25) is 4.79 Å². The van der Waals surface area contributed by atoms with Crippen molar-refractivity contribution in [3.8, 4) is 0 Å². The molecular weight excluding hydrogens is 347 g/mol. The van der Waals surface area contributed by atoms with E-state index < -0.39 is 17.7 Å². The molecule has 0 fully saturated rings. The number of carboxylic acids is 1. The van der Waals surface area contributed by atoms with Crippen molar-refractivity contribution in [1.82, 2.24) is 0 Å². The van der Waals surface area contributed by atoms with Gasteiger partial charge in [0.05, 0.1) is 11.4 Å². The molecule has 0 radical (unpaired) electrons. The van der Waals surface area contributed by atoms with Gasteiger partial charge in [-0.1, -0.05) is 45.7 Å². The van der Waals surface area contributed by atoms with Gasteiger partial charge in [-0.15, -0.1) is 0 Å². The first-order valence-electron chi connectivity index (χ1n) is 5.89. The zero-order chi connectivity index (χ0) is 14.7. The van der Waals surface area contributed by atoms with Gasteiger partial charge in [-0.25, -0.2) is 4.39 Å². The molecule has 1 atom stereocenters. The van der Waals surface area contributed by atoms with Crippen molar-refractivity contribution in [1.29, 1.82) is 0 Å². The zero-order valence-corrected chi connectivity index (χ0v) is 12.7. The first-order valence-corrected chi connectivity index (χ1v) is 7.06. The van der Waals surface area contributed by atoms with Crippen LogP contribution in [0.3, 0.4) is 0 Å². The van der Waals surface area contributed by atoms with Gasteiger partial charge in [-0.05, 0) is 35.4 Å². The van der Waals surface area contributed by atoms with E-state index in [1.54, 1.807) is 6.07 Å². The summed E-state index contributed by atoms with van der Waals surface area (Å²) in [6.07, 6.45) is -0.108. The van der Waals surface area contributed by atoms with E-state index in [-0.39, 0.29) is 11.4 Å². The predicted octanol–water partition coefficient (Wildman–Crippen LogP) is 4.85. The van der Waals surface area contributed by atoms with Crippen LogP contribution in [0.4, 0.5) is 4.39 Å². The fourth-order valence-electron chi connectivity index (χ4n) is 2.03. The summed E-state index contributed by atoms with van der Waals surface area (Å²) >= 11 is 8.99. The van der Waals surface area contributed by atoms with Gasteiger partial charge < -0.3 is 5.11 Å². The van der Waals surface area contributed by atoms with Crippen molar-refractivity contribution in [2.75, 3.05) is 0 Å². The smallest absolute Gasteiger partial charge is 0.304 e. The molecule has 0 aliphatic rings. The largest absolute Gasteiger partial charge is 0.481 e. The fraction of sp³-hybridized carbons (Fsp3) is 0.133. The van der Waals surface area contributed by atoms with E-state index in [0.717, 1.165) is 10.0 Å². The quantitative estimate of drug-likeness (QED) is 0.849. The molecule has 0 heterocycles. The number of rotatable bonds is 4. The Bertz CT molecular complexity index is 628. The van der Waals surface area contributed by atoms with Crippen molar-refractivity contribution in [3.63, 3.8) is 0 Å². The number of aliphatic carboxylic acids is 1. The summed E-state index contributed by atoms with van der Waals surface area (Å²) in [6, 6.07) is 11.7. The first kappa shape index (κ1) is 15.0. The molecule has 0 aliphatic heterocycles. The lowest BCUT2D eigenvalue weighted by atomic mass is 9.88. The Morgan fingerprint density at radius 2 is 1.80 bits per heavy atom. The lowest BCUT2D eigenvalue weighted by Crippen LogP contribution is -2.08. The topological polar surface area (TPSA) is 37.3 Å². The third-order valence-corrected chi connectivity index (χ3v) is 3.83. The Morgan fingerprint density at radius 1 is 1.20 bits per heavy atom. The molecule has 2 aromatic rings. The van der Waals surface area contributed by atoms with Crippen molar-refractivity contribution in [3.05, 3.63) is 68.9 Å². The number of carbonyl (C=O) groups is 1. The molecule has 2 rings (SSSR count). The van der Waals surface area contributed by atoms with Crippen LogP contribution < -0.4 is 0 Å². The van der Waals surface area contributed by atoms with Crippen molar-refractivity contribution in [2.45, 2.75) is 12.3 Å². The van der Waals surface area contributed by atoms with Crippen molar-refractivity contribution >= 4 is 33.5 Å². The highest BCUT2D eigenvalue weighted by Crippen LogP contribution is 2.31. The summed E-state index contributed by atoms with van der Waals surface area (Å²) in [5.74, 6) is -1.89. The number of halogens is 3. The van der Waals surface area contributed by atoms with E-state index in [1.807, 2.05) is 24.3 Å². The minimum Gasteiger partial charge on any atom is -0.481 e. The molecule has 0 aliphatic carbocycles. The van der Waals surface area contributed by atoms with Gasteiger partial charge in [0.15, 0.2) is 0 Å². The van der Waals surface area contributed by atoms with E-state index in [9.17, 15) is 9.18 Å². The third kappa shape index (κ3) is 3.58. The molecule has 0 saturated heterocycles. The fourth-order valence-corrected chi connectivity index (χ4v) is 2.41. The summed E-state index contributed by atoms with van der Waals surface area (Å²) in [5, 5.41) is 9.08. The van der Waals surface area contributed by atoms with Crippen LogP contribution in [0.2, 0.25) is 5.02 Å². The molecule has 2 aromatic carbocycles. The average Bonchev–Trinajstić information content (AvgIpc) is 2.40. The predicted molar refractivity (Wildman–Crippen MR) is 79.6 cm³/mol. The zero-order valence-electron chi connectivity index (χ0n) is 10.3. The maximum Gasteiger partial charge on any atom is 0.304 e. The number of hydrogen-bond acceptors (Lipinski definition) is 1. The summed E-state index contributed by atoms with van der Waals surface area (Å²) in [7, 11) is 0. The Morgan fingerprint density at radius 3 is 2.35 bits per heavy atom. The highest BCUT2D eigenvalue weighted by atomic mass is 79.9. The maximum atomic E-state index is 13.6. The van der Waals surface area contributed by atoms with E-state index >= 15 is 0 Å². The van der Waals surface area contributed by atoms with Crippen LogP contribution >= 0.6 is 27.5 Å². The molecule has 2 nitrogen and oxygen atoms in total. The molecule has 1 unspecified atom stereocenters. The third-order valence-electron chi connectivity index (χ3n) is 3.00. The van der Waals surface area contributed by atoms with Gasteiger partial charge in [-0.2, -0.15) is 0 Å². The van der Waals surface area contributed by atoms with Crippen LogP contribution in [-0.4, -0.2) is 11.1 Å². The standard InChI is InChI=1S/C15H11BrClFO2/c16-11-4-1-9(2-5-11)12(8-15(19)20)10-3-6-13(17)14(18)7-10/h1-7,12H,8H2,(H,19,20). The van der Waals surface area contributed by atoms with E-state index in [1.165, 1.54) is 12.1 Å². The average molecular weight is 358 g/mol. The van der Waals surface area contributed by atoms with E-state index in [0.29, 0.717) is 5.56 Å². The molecule has 0 saturated carbocycles. The summed E-state index contributed by atoms with van der Waals surface area (Å²) in [4.78, 5) is 11.0. The van der Waals surface area contributed by atoms with Gasteiger partial charge >= 0.3 is 5.97 Å². The van der Waals surface area contributed by atoms with Crippen LogP contribution in [-0.2, 0) is 4.79 Å². The Labute approximate surface area is 129 Å². The molecule has 1 N–H and O–H groups in total. The minimum absolute atomic E-state index is 0.0265. The highest BCUT2D eigenvalue weighted by molar-refractivity contribution is 9.10. The van der Waals surface area contributed by atoms with E-state index in [4.69, 9.17) is 16.7 Å². The number of benzene rings is 2. The maximum absolute atomic E-state index is 13.6. The van der Waals surface area contributed by atoms with Gasteiger partial charge in [0, 0.05) is 10.4 Å². The van der Waals surface area contributed by atoms with Crippen LogP contribution in [0.25, 0.3) is 0 Å². The second-order valence-corrected chi connectivity index (χ2v) is 5.70. The van der Waals surface area contributed by atoms with Gasteiger partial charge in [0.2, 0.25) is 0 Å². The molecule has 5 heteroatoms. The summed E-state index contributed by atoms with van der Waals surface area (Å²) < 4.78 is 14.5.